The van der Waals surface area contributed by atoms with Crippen LogP contribution in [0.2, 0.25) is 0 Å². The molecule has 0 spiro atoms. The molecule has 214 valence electrons. The monoisotopic (exact) mass is 579 g/mol. The van der Waals surface area contributed by atoms with Crippen LogP contribution in [0.3, 0.4) is 0 Å². The first kappa shape index (κ1) is 24.8. The SMILES string of the molecule is CN1C(c2ccccc2)=C2C(=NC1c1ccc3oc4ccccc4c3c1)N1c3c(cccc3-c3ccccc32)C2=CC=CCC21. The van der Waals surface area contributed by atoms with Crippen LogP contribution in [-0.4, -0.2) is 23.8 Å². The average molecular weight is 580 g/mol. The van der Waals surface area contributed by atoms with E-state index in [1.165, 1.54) is 50.3 Å². The third-order valence-corrected chi connectivity index (χ3v) is 9.92. The van der Waals surface area contributed by atoms with Crippen molar-refractivity contribution in [3.05, 3.63) is 156 Å². The van der Waals surface area contributed by atoms with E-state index in [2.05, 4.69) is 138 Å². The van der Waals surface area contributed by atoms with Gasteiger partial charge < -0.3 is 14.2 Å². The van der Waals surface area contributed by atoms with E-state index in [-0.39, 0.29) is 12.2 Å². The van der Waals surface area contributed by atoms with E-state index >= 15 is 0 Å². The maximum absolute atomic E-state index is 6.21. The molecule has 0 amide bonds. The molecule has 4 nitrogen and oxygen atoms in total. The summed E-state index contributed by atoms with van der Waals surface area (Å²) in [7, 11) is 2.20. The lowest BCUT2D eigenvalue weighted by molar-refractivity contribution is 0.365. The van der Waals surface area contributed by atoms with Crippen LogP contribution in [0.15, 0.2) is 143 Å². The minimum atomic E-state index is -0.231. The van der Waals surface area contributed by atoms with Gasteiger partial charge in [0.2, 0.25) is 0 Å². The zero-order valence-electron chi connectivity index (χ0n) is 24.8. The molecule has 5 aromatic carbocycles. The van der Waals surface area contributed by atoms with Gasteiger partial charge >= 0.3 is 0 Å². The number of furan rings is 1. The summed E-state index contributed by atoms with van der Waals surface area (Å²) >= 11 is 0. The lowest BCUT2D eigenvalue weighted by Crippen LogP contribution is -2.42. The molecular formula is C41H29N3O. The molecule has 2 unspecified atom stereocenters. The van der Waals surface area contributed by atoms with Crippen molar-refractivity contribution in [1.29, 1.82) is 0 Å². The van der Waals surface area contributed by atoms with Crippen LogP contribution in [0.1, 0.15) is 34.8 Å². The minimum Gasteiger partial charge on any atom is -0.456 e. The molecule has 2 atom stereocenters. The number of aliphatic imine (C=N–C) groups is 1. The Hall–Kier alpha value is -5.61. The number of hydrogen-bond donors (Lipinski definition) is 0. The van der Waals surface area contributed by atoms with Gasteiger partial charge in [-0.25, -0.2) is 4.99 Å². The van der Waals surface area contributed by atoms with Crippen molar-refractivity contribution >= 4 is 50.3 Å². The zero-order valence-corrected chi connectivity index (χ0v) is 24.8. The predicted molar refractivity (Wildman–Crippen MR) is 185 cm³/mol. The summed E-state index contributed by atoms with van der Waals surface area (Å²) in [5.74, 6) is 1.04. The molecule has 45 heavy (non-hydrogen) atoms. The van der Waals surface area contributed by atoms with E-state index < -0.39 is 0 Å². The molecule has 0 radical (unpaired) electrons. The highest BCUT2D eigenvalue weighted by molar-refractivity contribution is 6.39. The van der Waals surface area contributed by atoms with Crippen molar-refractivity contribution in [2.45, 2.75) is 18.6 Å². The number of amidine groups is 1. The van der Waals surface area contributed by atoms with E-state index in [0.29, 0.717) is 0 Å². The van der Waals surface area contributed by atoms with E-state index in [1.807, 2.05) is 12.1 Å². The van der Waals surface area contributed by atoms with Crippen molar-refractivity contribution in [2.75, 3.05) is 11.9 Å². The van der Waals surface area contributed by atoms with Gasteiger partial charge in [-0.05, 0) is 52.4 Å². The quantitative estimate of drug-likeness (QED) is 0.205. The lowest BCUT2D eigenvalue weighted by Gasteiger charge is -2.40. The molecule has 0 N–H and O–H groups in total. The average Bonchev–Trinajstić information content (AvgIpc) is 3.60. The predicted octanol–water partition coefficient (Wildman–Crippen LogP) is 9.71. The van der Waals surface area contributed by atoms with E-state index in [0.717, 1.165) is 39.8 Å². The van der Waals surface area contributed by atoms with Crippen molar-refractivity contribution in [2.24, 2.45) is 4.99 Å². The number of hydrogen-bond acceptors (Lipinski definition) is 4. The molecule has 4 heterocycles. The summed E-state index contributed by atoms with van der Waals surface area (Å²) in [6.07, 6.45) is 7.52. The zero-order chi connectivity index (χ0) is 29.6. The number of nitrogens with zero attached hydrogens (tertiary/aromatic N) is 3. The van der Waals surface area contributed by atoms with E-state index in [1.54, 1.807) is 0 Å². The lowest BCUT2D eigenvalue weighted by atomic mass is 9.88. The fraction of sp³-hybridized carbons (Fsp3) is 0.0976. The minimum absolute atomic E-state index is 0.190. The summed E-state index contributed by atoms with van der Waals surface area (Å²) in [6, 6.07) is 41.6. The van der Waals surface area contributed by atoms with Gasteiger partial charge in [-0.2, -0.15) is 0 Å². The number of benzene rings is 5. The molecule has 0 saturated carbocycles. The van der Waals surface area contributed by atoms with Gasteiger partial charge in [-0.15, -0.1) is 0 Å². The number of anilines is 1. The molecule has 4 heteroatoms. The van der Waals surface area contributed by atoms with Gasteiger partial charge in [-0.3, -0.25) is 0 Å². The standard InChI is InChI=1S/C41H29N3O/c1-43-38(25-12-3-2-4-13-25)37-30-17-6-5-14-27(30)31-18-11-19-32-28-15-7-9-20-34(28)44(39(31)32)41(37)42-40(43)26-22-23-36-33(24-26)29-16-8-10-21-35(29)45-36/h2-19,21-24,34,40H,20H2,1H3. The fourth-order valence-corrected chi connectivity index (χ4v) is 7.98. The van der Waals surface area contributed by atoms with Gasteiger partial charge in [0.05, 0.1) is 17.4 Å². The topological polar surface area (TPSA) is 32.0 Å². The molecule has 1 aromatic heterocycles. The van der Waals surface area contributed by atoms with Crippen LogP contribution >= 0.6 is 0 Å². The number of rotatable bonds is 2. The van der Waals surface area contributed by atoms with Crippen LogP contribution < -0.4 is 4.90 Å². The van der Waals surface area contributed by atoms with Gasteiger partial charge in [0.1, 0.15) is 23.2 Å². The second-order valence-electron chi connectivity index (χ2n) is 12.3. The van der Waals surface area contributed by atoms with Crippen LogP contribution in [0.5, 0.6) is 0 Å². The first-order valence-corrected chi connectivity index (χ1v) is 15.7. The van der Waals surface area contributed by atoms with Crippen LogP contribution in [-0.2, 0) is 0 Å². The molecule has 0 fully saturated rings. The third kappa shape index (κ3) is 3.39. The highest BCUT2D eigenvalue weighted by atomic mass is 16.3. The summed E-state index contributed by atoms with van der Waals surface area (Å²) in [4.78, 5) is 10.7. The Morgan fingerprint density at radius 1 is 0.711 bits per heavy atom. The summed E-state index contributed by atoms with van der Waals surface area (Å²) in [5, 5.41) is 2.25. The van der Waals surface area contributed by atoms with Crippen molar-refractivity contribution in [1.82, 2.24) is 4.90 Å². The second kappa shape index (κ2) is 9.20. The van der Waals surface area contributed by atoms with Crippen LogP contribution in [0, 0.1) is 0 Å². The Labute approximate surface area is 261 Å². The summed E-state index contributed by atoms with van der Waals surface area (Å²) < 4.78 is 6.21. The van der Waals surface area contributed by atoms with Crippen molar-refractivity contribution in [3.63, 3.8) is 0 Å². The number of fused-ring (bicyclic) bond motifs is 11. The smallest absolute Gasteiger partial charge is 0.149 e. The van der Waals surface area contributed by atoms with Crippen molar-refractivity contribution in [3.8, 4) is 11.1 Å². The Morgan fingerprint density at radius 3 is 2.38 bits per heavy atom. The Morgan fingerprint density at radius 2 is 1.47 bits per heavy atom. The first-order chi connectivity index (χ1) is 22.3. The highest BCUT2D eigenvalue weighted by Gasteiger charge is 2.45. The van der Waals surface area contributed by atoms with Gasteiger partial charge in [0.25, 0.3) is 0 Å². The summed E-state index contributed by atoms with van der Waals surface area (Å²) in [5.41, 5.74) is 14.2. The summed E-state index contributed by atoms with van der Waals surface area (Å²) in [6.45, 7) is 0. The second-order valence-corrected chi connectivity index (χ2v) is 12.3. The molecule has 1 aliphatic carbocycles. The Bertz CT molecular complexity index is 2340. The number of para-hydroxylation sites is 2. The molecular weight excluding hydrogens is 550 g/mol. The van der Waals surface area contributed by atoms with Gasteiger partial charge in [-0.1, -0.05) is 115 Å². The van der Waals surface area contributed by atoms with Gasteiger partial charge in [0.15, 0.2) is 0 Å². The van der Waals surface area contributed by atoms with E-state index in [9.17, 15) is 0 Å². The first-order valence-electron chi connectivity index (χ1n) is 15.7. The van der Waals surface area contributed by atoms with Crippen LogP contribution in [0.4, 0.5) is 5.69 Å². The Balaban J connectivity index is 1.29. The molecule has 10 rings (SSSR count). The molecule has 0 saturated heterocycles. The fourth-order valence-electron chi connectivity index (χ4n) is 7.98. The van der Waals surface area contributed by atoms with Gasteiger partial charge in [0, 0.05) is 34.5 Å². The largest absolute Gasteiger partial charge is 0.456 e. The highest BCUT2D eigenvalue weighted by Crippen LogP contribution is 2.55. The maximum Gasteiger partial charge on any atom is 0.149 e. The van der Waals surface area contributed by atoms with Crippen LogP contribution in [0.25, 0.3) is 49.9 Å². The molecule has 0 bridgehead atoms. The Kier molecular flexibility index (Phi) is 5.07. The third-order valence-electron chi connectivity index (χ3n) is 9.92. The maximum atomic E-state index is 6.21. The molecule has 3 aliphatic heterocycles. The number of allylic oxidation sites excluding steroid dienone is 2. The molecule has 4 aliphatic rings. The van der Waals surface area contributed by atoms with E-state index in [4.69, 9.17) is 9.41 Å². The van der Waals surface area contributed by atoms with Crippen molar-refractivity contribution < 1.29 is 4.42 Å². The molecule has 6 aromatic rings. The normalized spacial score (nSPS) is 19.6.